The number of carbonyl (C=O) groups is 1. The van der Waals surface area contributed by atoms with Crippen molar-refractivity contribution in [2.24, 2.45) is 0 Å². The van der Waals surface area contributed by atoms with E-state index in [4.69, 9.17) is 4.74 Å². The summed E-state index contributed by atoms with van der Waals surface area (Å²) in [6.45, 7) is 3.89. The van der Waals surface area contributed by atoms with Gasteiger partial charge in [0.1, 0.15) is 6.61 Å². The molecule has 0 aliphatic carbocycles. The van der Waals surface area contributed by atoms with Gasteiger partial charge >= 0.3 is 5.97 Å². The summed E-state index contributed by atoms with van der Waals surface area (Å²) in [6, 6.07) is 5.55. The van der Waals surface area contributed by atoms with Gasteiger partial charge in [-0.25, -0.2) is 0 Å². The van der Waals surface area contributed by atoms with Crippen LogP contribution >= 0.6 is 0 Å². The van der Waals surface area contributed by atoms with E-state index in [9.17, 15) is 4.79 Å². The summed E-state index contributed by atoms with van der Waals surface area (Å²) >= 11 is 0. The SMILES string of the molecule is C=CCCCCC(=O)OCc1ccccn1. The lowest BCUT2D eigenvalue weighted by molar-refractivity contribution is -0.145. The third-order valence-corrected chi connectivity index (χ3v) is 2.15. The second-order valence-electron chi connectivity index (χ2n) is 3.52. The van der Waals surface area contributed by atoms with E-state index in [1.54, 1.807) is 6.20 Å². The van der Waals surface area contributed by atoms with Gasteiger partial charge in [-0.2, -0.15) is 0 Å². The van der Waals surface area contributed by atoms with Crippen LogP contribution in [-0.4, -0.2) is 11.0 Å². The minimum absolute atomic E-state index is 0.158. The topological polar surface area (TPSA) is 39.2 Å². The van der Waals surface area contributed by atoms with E-state index in [2.05, 4.69) is 11.6 Å². The van der Waals surface area contributed by atoms with Crippen LogP contribution in [0.2, 0.25) is 0 Å². The average Bonchev–Trinajstić information content (AvgIpc) is 2.33. The average molecular weight is 219 g/mol. The Balaban J connectivity index is 2.13. The van der Waals surface area contributed by atoms with Crippen molar-refractivity contribution >= 4 is 5.97 Å². The van der Waals surface area contributed by atoms with Crippen LogP contribution in [-0.2, 0) is 16.1 Å². The highest BCUT2D eigenvalue weighted by Gasteiger charge is 2.02. The van der Waals surface area contributed by atoms with Crippen LogP contribution in [0.1, 0.15) is 31.4 Å². The van der Waals surface area contributed by atoms with Crippen LogP contribution in [0.5, 0.6) is 0 Å². The molecule has 0 bridgehead atoms. The molecule has 0 atom stereocenters. The van der Waals surface area contributed by atoms with Crippen molar-refractivity contribution in [3.63, 3.8) is 0 Å². The molecule has 0 unspecified atom stereocenters. The molecule has 0 fully saturated rings. The zero-order valence-corrected chi connectivity index (χ0v) is 9.39. The Bertz CT molecular complexity index is 322. The van der Waals surface area contributed by atoms with Gasteiger partial charge in [0, 0.05) is 12.6 Å². The lowest BCUT2D eigenvalue weighted by atomic mass is 10.2. The maximum absolute atomic E-state index is 11.3. The van der Waals surface area contributed by atoms with E-state index in [-0.39, 0.29) is 12.6 Å². The van der Waals surface area contributed by atoms with E-state index < -0.39 is 0 Å². The number of hydrogen-bond acceptors (Lipinski definition) is 3. The molecule has 0 N–H and O–H groups in total. The number of allylic oxidation sites excluding steroid dienone is 1. The summed E-state index contributed by atoms with van der Waals surface area (Å²) in [5.41, 5.74) is 0.780. The highest BCUT2D eigenvalue weighted by Crippen LogP contribution is 2.03. The molecule has 16 heavy (non-hydrogen) atoms. The molecule has 1 rings (SSSR count). The van der Waals surface area contributed by atoms with Crippen molar-refractivity contribution in [2.75, 3.05) is 0 Å². The molecule has 86 valence electrons. The lowest BCUT2D eigenvalue weighted by Crippen LogP contribution is -2.05. The Morgan fingerprint density at radius 3 is 3.00 bits per heavy atom. The number of aromatic nitrogens is 1. The molecule has 3 heteroatoms. The largest absolute Gasteiger partial charge is 0.459 e. The first kappa shape index (κ1) is 12.4. The standard InChI is InChI=1S/C13H17NO2/c1-2-3-4-5-9-13(15)16-11-12-8-6-7-10-14-12/h2,6-8,10H,1,3-5,9,11H2. The van der Waals surface area contributed by atoms with Gasteiger partial charge in [0.25, 0.3) is 0 Å². The van der Waals surface area contributed by atoms with Gasteiger partial charge in [-0.05, 0) is 31.4 Å². The smallest absolute Gasteiger partial charge is 0.306 e. The monoisotopic (exact) mass is 219 g/mol. The molecule has 0 saturated heterocycles. The third-order valence-electron chi connectivity index (χ3n) is 2.15. The Hall–Kier alpha value is -1.64. The highest BCUT2D eigenvalue weighted by molar-refractivity contribution is 5.69. The minimum Gasteiger partial charge on any atom is -0.459 e. The van der Waals surface area contributed by atoms with Crippen molar-refractivity contribution in [3.8, 4) is 0 Å². The summed E-state index contributed by atoms with van der Waals surface area (Å²) in [4.78, 5) is 15.4. The number of carbonyl (C=O) groups excluding carboxylic acids is 1. The van der Waals surface area contributed by atoms with Crippen molar-refractivity contribution in [2.45, 2.75) is 32.3 Å². The molecular weight excluding hydrogens is 202 g/mol. The van der Waals surface area contributed by atoms with Crippen molar-refractivity contribution in [3.05, 3.63) is 42.7 Å². The first-order valence-electron chi connectivity index (χ1n) is 5.49. The molecule has 0 aliphatic rings. The molecule has 0 saturated carbocycles. The fourth-order valence-electron chi connectivity index (χ4n) is 1.27. The fourth-order valence-corrected chi connectivity index (χ4v) is 1.27. The second-order valence-corrected chi connectivity index (χ2v) is 3.52. The summed E-state index contributed by atoms with van der Waals surface area (Å²) in [6.07, 6.45) is 6.82. The van der Waals surface area contributed by atoms with Crippen LogP contribution in [0.4, 0.5) is 0 Å². The van der Waals surface area contributed by atoms with E-state index in [1.807, 2.05) is 24.3 Å². The van der Waals surface area contributed by atoms with Crippen molar-refractivity contribution in [1.29, 1.82) is 0 Å². The molecule has 0 aliphatic heterocycles. The predicted octanol–water partition coefficient (Wildman–Crippen LogP) is 2.87. The number of rotatable bonds is 7. The number of hydrogen-bond donors (Lipinski definition) is 0. The maximum atomic E-state index is 11.3. The van der Waals surface area contributed by atoms with Crippen LogP contribution in [0.15, 0.2) is 37.1 Å². The molecule has 3 nitrogen and oxygen atoms in total. The van der Waals surface area contributed by atoms with Gasteiger partial charge in [-0.15, -0.1) is 6.58 Å². The van der Waals surface area contributed by atoms with Crippen molar-refractivity contribution in [1.82, 2.24) is 4.98 Å². The molecule has 0 amide bonds. The molecule has 1 aromatic heterocycles. The van der Waals surface area contributed by atoms with Gasteiger partial charge in [0.2, 0.25) is 0 Å². The van der Waals surface area contributed by atoms with E-state index >= 15 is 0 Å². The summed E-state index contributed by atoms with van der Waals surface area (Å²) < 4.78 is 5.08. The predicted molar refractivity (Wildman–Crippen MR) is 62.7 cm³/mol. The van der Waals surface area contributed by atoms with E-state index in [0.29, 0.717) is 6.42 Å². The first-order chi connectivity index (χ1) is 7.83. The van der Waals surface area contributed by atoms with E-state index in [0.717, 1.165) is 25.0 Å². The van der Waals surface area contributed by atoms with Gasteiger partial charge in [-0.3, -0.25) is 9.78 Å². The molecule has 0 spiro atoms. The van der Waals surface area contributed by atoms with Crippen LogP contribution in [0, 0.1) is 0 Å². The fraction of sp³-hybridized carbons (Fsp3) is 0.385. The Morgan fingerprint density at radius 2 is 2.31 bits per heavy atom. The number of esters is 1. The molecule has 1 heterocycles. The molecular formula is C13H17NO2. The number of unbranched alkanes of at least 4 members (excludes halogenated alkanes) is 2. The third kappa shape index (κ3) is 5.29. The zero-order chi connectivity index (χ0) is 11.6. The molecule has 0 radical (unpaired) electrons. The van der Waals surface area contributed by atoms with Crippen LogP contribution in [0.3, 0.4) is 0 Å². The Morgan fingerprint density at radius 1 is 1.44 bits per heavy atom. The van der Waals surface area contributed by atoms with E-state index in [1.165, 1.54) is 0 Å². The maximum Gasteiger partial charge on any atom is 0.306 e. The highest BCUT2D eigenvalue weighted by atomic mass is 16.5. The quantitative estimate of drug-likeness (QED) is 0.402. The summed E-state index contributed by atoms with van der Waals surface area (Å²) in [7, 11) is 0. The summed E-state index contributed by atoms with van der Waals surface area (Å²) in [5, 5.41) is 0. The summed E-state index contributed by atoms with van der Waals surface area (Å²) in [5.74, 6) is -0.158. The zero-order valence-electron chi connectivity index (χ0n) is 9.39. The number of nitrogens with zero attached hydrogens (tertiary/aromatic N) is 1. The Kier molecular flexibility index (Phi) is 5.92. The normalized spacial score (nSPS) is 9.75. The van der Waals surface area contributed by atoms with Gasteiger partial charge in [-0.1, -0.05) is 12.1 Å². The molecule has 1 aromatic rings. The second kappa shape index (κ2) is 7.63. The molecule has 0 aromatic carbocycles. The van der Waals surface area contributed by atoms with Gasteiger partial charge < -0.3 is 4.74 Å². The van der Waals surface area contributed by atoms with Crippen molar-refractivity contribution < 1.29 is 9.53 Å². The van der Waals surface area contributed by atoms with Crippen LogP contribution < -0.4 is 0 Å². The Labute approximate surface area is 96.2 Å². The number of pyridine rings is 1. The van der Waals surface area contributed by atoms with Gasteiger partial charge in [0.15, 0.2) is 0 Å². The van der Waals surface area contributed by atoms with Crippen LogP contribution in [0.25, 0.3) is 0 Å². The number of ether oxygens (including phenoxy) is 1. The lowest BCUT2D eigenvalue weighted by Gasteiger charge is -2.03. The van der Waals surface area contributed by atoms with Gasteiger partial charge in [0.05, 0.1) is 5.69 Å². The minimum atomic E-state index is -0.158. The first-order valence-corrected chi connectivity index (χ1v) is 5.49.